The van der Waals surface area contributed by atoms with Gasteiger partial charge in [0.25, 0.3) is 5.91 Å². The van der Waals surface area contributed by atoms with E-state index in [1.54, 1.807) is 25.3 Å². The molecule has 3 fully saturated rings. The Kier molecular flexibility index (Phi) is 6.85. The number of amides is 1. The number of likely N-dealkylation sites (tertiary alicyclic amines) is 1. The van der Waals surface area contributed by atoms with E-state index in [1.807, 2.05) is 26.9 Å². The lowest BCUT2D eigenvalue weighted by atomic mass is 9.86. The van der Waals surface area contributed by atoms with Gasteiger partial charge in [0.2, 0.25) is 10.0 Å². The molecular formula is C30H35F2N7O4S. The number of alkyl halides is 2. The van der Waals surface area contributed by atoms with Crippen LogP contribution in [0.2, 0.25) is 0 Å². The van der Waals surface area contributed by atoms with Crippen LogP contribution >= 0.6 is 0 Å². The number of halogens is 2. The van der Waals surface area contributed by atoms with Gasteiger partial charge in [-0.2, -0.15) is 13.1 Å². The number of sulfonamides is 1. The molecule has 7 rings (SSSR count). The zero-order valence-electron chi connectivity index (χ0n) is 24.8. The Morgan fingerprint density at radius 2 is 1.93 bits per heavy atom. The molecule has 0 spiro atoms. The summed E-state index contributed by atoms with van der Waals surface area (Å²) < 4.78 is 61.6. The lowest BCUT2D eigenvalue weighted by Crippen LogP contribution is -2.44. The average Bonchev–Trinajstić information content (AvgIpc) is 3.62. The number of methoxy groups -OCH3 is 1. The van der Waals surface area contributed by atoms with Crippen molar-refractivity contribution in [1.29, 1.82) is 0 Å². The van der Waals surface area contributed by atoms with Crippen molar-refractivity contribution in [3.63, 3.8) is 0 Å². The van der Waals surface area contributed by atoms with E-state index in [4.69, 9.17) is 15.5 Å². The summed E-state index contributed by atoms with van der Waals surface area (Å²) in [5.74, 6) is 0.723. The normalized spacial score (nSPS) is 22.0. The van der Waals surface area contributed by atoms with Crippen molar-refractivity contribution >= 4 is 38.4 Å². The van der Waals surface area contributed by atoms with E-state index < -0.39 is 16.6 Å². The summed E-state index contributed by atoms with van der Waals surface area (Å²) in [5, 5.41) is 0.669. The van der Waals surface area contributed by atoms with Gasteiger partial charge < -0.3 is 19.9 Å². The Labute approximate surface area is 253 Å². The van der Waals surface area contributed by atoms with Crippen molar-refractivity contribution in [3.05, 3.63) is 41.6 Å². The Morgan fingerprint density at radius 1 is 1.16 bits per heavy atom. The molecule has 1 amide bonds. The number of hydrogen-bond acceptors (Lipinski definition) is 7. The molecule has 11 nitrogen and oxygen atoms in total. The molecule has 0 aromatic carbocycles. The number of nitrogens with two attached hydrogens (primary N) is 1. The number of carbonyl (C=O) groups is 1. The summed E-state index contributed by atoms with van der Waals surface area (Å²) in [7, 11) is -2.72. The van der Waals surface area contributed by atoms with Crippen molar-refractivity contribution < 1.29 is 26.7 Å². The Balaban J connectivity index is 1.34. The molecule has 5 heterocycles. The van der Waals surface area contributed by atoms with Crippen molar-refractivity contribution in [1.82, 2.24) is 23.8 Å². The summed E-state index contributed by atoms with van der Waals surface area (Å²) in [4.78, 5) is 25.1. The SMILES string of the molecule is COc1cc(C(=O)N2C[C@H]3CCC[C@@H]2[C@@H]3N)cc2nc(-c3cc4ccc(N(C(F)F)S(C)(=O)=O)nc4n3CC3CC3)c(C)n12. The first kappa shape index (κ1) is 29.0. The highest BCUT2D eigenvalue weighted by molar-refractivity contribution is 7.92. The fourth-order valence-electron chi connectivity index (χ4n) is 7.04. The Morgan fingerprint density at radius 3 is 2.59 bits per heavy atom. The topological polar surface area (TPSA) is 128 Å². The van der Waals surface area contributed by atoms with Gasteiger partial charge in [-0.1, -0.05) is 6.42 Å². The van der Waals surface area contributed by atoms with Crippen molar-refractivity contribution in [2.75, 3.05) is 24.2 Å². The van der Waals surface area contributed by atoms with Crippen molar-refractivity contribution in [2.24, 2.45) is 17.6 Å². The largest absolute Gasteiger partial charge is 0.482 e. The van der Waals surface area contributed by atoms with E-state index >= 15 is 0 Å². The number of nitrogens with zero attached hydrogens (tertiary/aromatic N) is 6. The number of pyridine rings is 2. The quantitative estimate of drug-likeness (QED) is 0.292. The van der Waals surface area contributed by atoms with Crippen LogP contribution in [0.4, 0.5) is 14.6 Å². The average molecular weight is 628 g/mol. The fourth-order valence-corrected chi connectivity index (χ4v) is 7.77. The van der Waals surface area contributed by atoms with Gasteiger partial charge in [-0.25, -0.2) is 18.4 Å². The zero-order valence-corrected chi connectivity index (χ0v) is 25.6. The molecule has 2 bridgehead atoms. The molecule has 1 saturated heterocycles. The Hall–Kier alpha value is -3.78. The number of fused-ring (bicyclic) bond motifs is 4. The van der Waals surface area contributed by atoms with Crippen LogP contribution < -0.4 is 14.8 Å². The number of rotatable bonds is 8. The predicted molar refractivity (Wildman–Crippen MR) is 161 cm³/mol. The maximum absolute atomic E-state index is 13.8. The van der Waals surface area contributed by atoms with E-state index in [1.165, 1.54) is 6.07 Å². The van der Waals surface area contributed by atoms with Crippen LogP contribution in [0.15, 0.2) is 30.3 Å². The lowest BCUT2D eigenvalue weighted by Gasteiger charge is -2.29. The fraction of sp³-hybridized carbons (Fsp3) is 0.500. The van der Waals surface area contributed by atoms with Crippen molar-refractivity contribution in [3.8, 4) is 17.3 Å². The predicted octanol–water partition coefficient (Wildman–Crippen LogP) is 4.02. The van der Waals surface area contributed by atoms with Gasteiger partial charge in [-0.05, 0) is 68.7 Å². The van der Waals surface area contributed by atoms with Gasteiger partial charge in [-0.15, -0.1) is 0 Å². The van der Waals surface area contributed by atoms with Gasteiger partial charge in [-0.3, -0.25) is 9.20 Å². The molecule has 234 valence electrons. The highest BCUT2D eigenvalue weighted by atomic mass is 32.2. The minimum absolute atomic E-state index is 0.00804. The number of imidazole rings is 1. The first-order valence-corrected chi connectivity index (χ1v) is 16.7. The Bertz CT molecular complexity index is 1900. The number of hydrogen-bond donors (Lipinski definition) is 1. The maximum atomic E-state index is 13.8. The van der Waals surface area contributed by atoms with Gasteiger partial charge in [0.05, 0.1) is 24.8 Å². The molecule has 0 unspecified atom stereocenters. The maximum Gasteiger partial charge on any atom is 0.329 e. The molecule has 14 heteroatoms. The van der Waals surface area contributed by atoms with Crippen LogP contribution in [0.3, 0.4) is 0 Å². The zero-order chi connectivity index (χ0) is 31.1. The summed E-state index contributed by atoms with van der Waals surface area (Å²) >= 11 is 0. The number of ether oxygens (including phenoxy) is 1. The molecule has 0 radical (unpaired) electrons. The van der Waals surface area contributed by atoms with Gasteiger partial charge in [0.1, 0.15) is 22.8 Å². The minimum atomic E-state index is -4.27. The number of aromatic nitrogens is 4. The van der Waals surface area contributed by atoms with E-state index in [9.17, 15) is 22.0 Å². The lowest BCUT2D eigenvalue weighted by molar-refractivity contribution is 0.0726. The van der Waals surface area contributed by atoms with Crippen LogP contribution in [0.25, 0.3) is 28.1 Å². The third kappa shape index (κ3) is 4.69. The molecule has 4 aromatic heterocycles. The van der Waals surface area contributed by atoms with E-state index in [0.717, 1.165) is 49.7 Å². The van der Waals surface area contributed by atoms with E-state index in [2.05, 4.69) is 4.98 Å². The smallest absolute Gasteiger partial charge is 0.329 e. The second kappa shape index (κ2) is 10.4. The summed E-state index contributed by atoms with van der Waals surface area (Å²) in [6.07, 6.45) is 5.78. The van der Waals surface area contributed by atoms with E-state index in [-0.39, 0.29) is 28.1 Å². The first-order chi connectivity index (χ1) is 21.0. The second-order valence-corrected chi connectivity index (χ2v) is 14.2. The number of aryl methyl sites for hydroxylation is 1. The summed E-state index contributed by atoms with van der Waals surface area (Å²) in [6.45, 7) is -0.144. The molecule has 2 N–H and O–H groups in total. The summed E-state index contributed by atoms with van der Waals surface area (Å²) in [5.41, 5.74) is 9.97. The monoisotopic (exact) mass is 627 g/mol. The van der Waals surface area contributed by atoms with Gasteiger partial charge in [0, 0.05) is 42.2 Å². The first-order valence-electron chi connectivity index (χ1n) is 14.9. The molecule has 2 saturated carbocycles. The van der Waals surface area contributed by atoms with Crippen LogP contribution in [-0.4, -0.2) is 76.7 Å². The minimum Gasteiger partial charge on any atom is -0.482 e. The number of anilines is 1. The molecule has 3 atom stereocenters. The highest BCUT2D eigenvalue weighted by Crippen LogP contribution is 2.39. The van der Waals surface area contributed by atoms with Gasteiger partial charge in [0.15, 0.2) is 5.88 Å². The molecule has 3 aliphatic rings. The molecular weight excluding hydrogens is 592 g/mol. The van der Waals surface area contributed by atoms with Crippen LogP contribution in [0, 0.1) is 18.8 Å². The van der Waals surface area contributed by atoms with Gasteiger partial charge >= 0.3 is 6.55 Å². The van der Waals surface area contributed by atoms with Crippen LogP contribution in [0.5, 0.6) is 5.88 Å². The molecule has 44 heavy (non-hydrogen) atoms. The van der Waals surface area contributed by atoms with E-state index in [0.29, 0.717) is 58.7 Å². The third-order valence-electron chi connectivity index (χ3n) is 9.40. The van der Waals surface area contributed by atoms with Crippen molar-refractivity contribution in [2.45, 2.75) is 64.2 Å². The highest BCUT2D eigenvalue weighted by Gasteiger charge is 2.44. The molecule has 2 aliphatic carbocycles. The molecule has 4 aromatic rings. The second-order valence-electron chi connectivity index (χ2n) is 12.3. The third-order valence-corrected chi connectivity index (χ3v) is 10.5. The van der Waals surface area contributed by atoms with Crippen LogP contribution in [0.1, 0.15) is 48.2 Å². The van der Waals surface area contributed by atoms with Crippen LogP contribution in [-0.2, 0) is 16.6 Å². The number of carbonyl (C=O) groups excluding carboxylic acids is 1. The summed E-state index contributed by atoms with van der Waals surface area (Å²) in [6, 6.07) is 8.31. The molecule has 1 aliphatic heterocycles. The standard InChI is InChI=1S/C30H35F2N7O4S/c1-16-27(22-11-18-9-10-23(39(30(31)32)44(3,41)42)35-28(18)36(22)14-17-7-8-17)34-24-12-20(13-25(43-2)38(16)24)29(40)37-15-19-5-4-6-21(37)26(19)33/h9-13,17,19,21,26,30H,4-8,14-15,33H2,1-3H3/t19-,21-,26-/m1/s1.